The molecule has 1 nitrogen and oxygen atoms in total. The molecule has 0 spiro atoms. The highest BCUT2D eigenvalue weighted by Crippen LogP contribution is 2.21. The van der Waals surface area contributed by atoms with Gasteiger partial charge in [-0.05, 0) is 24.5 Å². The van der Waals surface area contributed by atoms with E-state index in [1.807, 2.05) is 6.08 Å². The molecule has 1 aromatic carbocycles. The Morgan fingerprint density at radius 1 is 1.46 bits per heavy atom. The molecule has 0 saturated heterocycles. The third-order valence-electron chi connectivity index (χ3n) is 2.37. The van der Waals surface area contributed by atoms with E-state index in [2.05, 4.69) is 42.9 Å². The van der Waals surface area contributed by atoms with Gasteiger partial charge in [-0.2, -0.15) is 0 Å². The van der Waals surface area contributed by atoms with Gasteiger partial charge in [0, 0.05) is 17.1 Å². The van der Waals surface area contributed by atoms with Gasteiger partial charge in [0.15, 0.2) is 0 Å². The third kappa shape index (κ3) is 1.26. The molecule has 66 valence electrons. The Morgan fingerprint density at radius 3 is 3.08 bits per heavy atom. The van der Waals surface area contributed by atoms with Crippen molar-refractivity contribution in [3.05, 3.63) is 48.2 Å². The van der Waals surface area contributed by atoms with Crippen LogP contribution in [-0.2, 0) is 6.42 Å². The van der Waals surface area contributed by atoms with Crippen molar-refractivity contribution in [1.29, 1.82) is 0 Å². The number of para-hydroxylation sites is 1. The van der Waals surface area contributed by atoms with Crippen molar-refractivity contribution in [2.45, 2.75) is 13.3 Å². The second kappa shape index (κ2) is 3.09. The van der Waals surface area contributed by atoms with Crippen LogP contribution in [-0.4, -0.2) is 4.98 Å². The molecule has 13 heavy (non-hydrogen) atoms. The Balaban J connectivity index is 2.69. The lowest BCUT2D eigenvalue weighted by Crippen LogP contribution is -1.82. The number of aryl methyl sites for hydroxylation is 1. The molecule has 0 saturated carbocycles. The predicted molar refractivity (Wildman–Crippen MR) is 56.9 cm³/mol. The fourth-order valence-electron chi connectivity index (χ4n) is 1.68. The zero-order chi connectivity index (χ0) is 9.26. The SMILES string of the molecule is C=CCc1cccc2c(C)c[nH]c12. The van der Waals surface area contributed by atoms with Crippen LogP contribution in [0.4, 0.5) is 0 Å². The van der Waals surface area contributed by atoms with E-state index in [0.717, 1.165) is 6.42 Å². The summed E-state index contributed by atoms with van der Waals surface area (Å²) < 4.78 is 0. The van der Waals surface area contributed by atoms with Crippen LogP contribution < -0.4 is 0 Å². The quantitative estimate of drug-likeness (QED) is 0.668. The molecule has 1 heterocycles. The molecular weight excluding hydrogens is 158 g/mol. The van der Waals surface area contributed by atoms with Gasteiger partial charge in [-0.25, -0.2) is 0 Å². The van der Waals surface area contributed by atoms with Gasteiger partial charge in [0.1, 0.15) is 0 Å². The van der Waals surface area contributed by atoms with E-state index in [1.54, 1.807) is 0 Å². The first-order chi connectivity index (χ1) is 6.33. The summed E-state index contributed by atoms with van der Waals surface area (Å²) in [5, 5.41) is 1.32. The molecule has 0 radical (unpaired) electrons. The van der Waals surface area contributed by atoms with E-state index in [-0.39, 0.29) is 0 Å². The first-order valence-corrected chi connectivity index (χ1v) is 4.49. The fraction of sp³-hybridized carbons (Fsp3) is 0.167. The Kier molecular flexibility index (Phi) is 1.93. The van der Waals surface area contributed by atoms with Gasteiger partial charge in [0.25, 0.3) is 0 Å². The van der Waals surface area contributed by atoms with Crippen molar-refractivity contribution < 1.29 is 0 Å². The summed E-state index contributed by atoms with van der Waals surface area (Å²) in [6.07, 6.45) is 4.92. The van der Waals surface area contributed by atoms with Gasteiger partial charge in [0.05, 0.1) is 0 Å². The van der Waals surface area contributed by atoms with Crippen molar-refractivity contribution >= 4 is 10.9 Å². The zero-order valence-corrected chi connectivity index (χ0v) is 7.80. The number of aromatic nitrogens is 1. The molecule has 0 aliphatic carbocycles. The first-order valence-electron chi connectivity index (χ1n) is 4.49. The molecule has 0 bridgehead atoms. The maximum absolute atomic E-state index is 3.76. The average Bonchev–Trinajstić information content (AvgIpc) is 2.50. The van der Waals surface area contributed by atoms with Crippen molar-refractivity contribution in [2.24, 2.45) is 0 Å². The Bertz CT molecular complexity index is 437. The largest absolute Gasteiger partial charge is 0.361 e. The predicted octanol–water partition coefficient (Wildman–Crippen LogP) is 3.20. The van der Waals surface area contributed by atoms with Gasteiger partial charge < -0.3 is 4.98 Å². The van der Waals surface area contributed by atoms with Crippen molar-refractivity contribution in [3.8, 4) is 0 Å². The molecule has 1 aromatic heterocycles. The fourth-order valence-corrected chi connectivity index (χ4v) is 1.68. The lowest BCUT2D eigenvalue weighted by atomic mass is 10.1. The first kappa shape index (κ1) is 8.11. The van der Waals surface area contributed by atoms with E-state index >= 15 is 0 Å². The van der Waals surface area contributed by atoms with E-state index in [0.29, 0.717) is 0 Å². The van der Waals surface area contributed by atoms with E-state index in [1.165, 1.54) is 22.0 Å². The number of hydrogen-bond acceptors (Lipinski definition) is 0. The highest BCUT2D eigenvalue weighted by molar-refractivity contribution is 5.85. The molecule has 0 fully saturated rings. The number of hydrogen-bond donors (Lipinski definition) is 1. The van der Waals surface area contributed by atoms with Crippen LogP contribution in [0.15, 0.2) is 37.1 Å². The molecule has 0 unspecified atom stereocenters. The summed E-state index contributed by atoms with van der Waals surface area (Å²) in [5.41, 5.74) is 3.88. The smallest absolute Gasteiger partial charge is 0.0492 e. The van der Waals surface area contributed by atoms with E-state index in [9.17, 15) is 0 Å². The lowest BCUT2D eigenvalue weighted by molar-refractivity contribution is 1.28. The normalized spacial score (nSPS) is 10.5. The highest BCUT2D eigenvalue weighted by atomic mass is 14.7. The second-order valence-corrected chi connectivity index (χ2v) is 3.30. The summed E-state index contributed by atoms with van der Waals surface area (Å²) >= 11 is 0. The van der Waals surface area contributed by atoms with Crippen LogP contribution in [0, 0.1) is 6.92 Å². The summed E-state index contributed by atoms with van der Waals surface area (Å²) in [4.78, 5) is 3.29. The summed E-state index contributed by atoms with van der Waals surface area (Å²) in [6, 6.07) is 6.38. The maximum Gasteiger partial charge on any atom is 0.0492 e. The van der Waals surface area contributed by atoms with Gasteiger partial charge in [0.2, 0.25) is 0 Å². The van der Waals surface area contributed by atoms with Crippen LogP contribution in [0.25, 0.3) is 10.9 Å². The summed E-state index contributed by atoms with van der Waals surface area (Å²) in [6.45, 7) is 5.88. The number of rotatable bonds is 2. The van der Waals surface area contributed by atoms with Crippen LogP contribution in [0.5, 0.6) is 0 Å². The maximum atomic E-state index is 3.76. The van der Waals surface area contributed by atoms with Crippen LogP contribution in [0.3, 0.4) is 0 Å². The minimum absolute atomic E-state index is 0.928. The molecule has 2 aromatic rings. The Labute approximate surface area is 78.1 Å². The Morgan fingerprint density at radius 2 is 2.31 bits per heavy atom. The molecule has 1 heteroatoms. The molecule has 0 aliphatic rings. The highest BCUT2D eigenvalue weighted by Gasteiger charge is 2.02. The van der Waals surface area contributed by atoms with Gasteiger partial charge >= 0.3 is 0 Å². The monoisotopic (exact) mass is 171 g/mol. The standard InChI is InChI=1S/C12H13N/c1-3-5-10-6-4-7-11-9(2)8-13-12(10)11/h3-4,6-8,13H,1,5H2,2H3. The number of nitrogens with one attached hydrogen (secondary N) is 1. The lowest BCUT2D eigenvalue weighted by Gasteiger charge is -1.98. The molecule has 0 aliphatic heterocycles. The molecular formula is C12H13N. The zero-order valence-electron chi connectivity index (χ0n) is 7.80. The van der Waals surface area contributed by atoms with Crippen LogP contribution in [0.1, 0.15) is 11.1 Å². The van der Waals surface area contributed by atoms with Crippen molar-refractivity contribution in [2.75, 3.05) is 0 Å². The van der Waals surface area contributed by atoms with Crippen LogP contribution in [0.2, 0.25) is 0 Å². The van der Waals surface area contributed by atoms with Crippen LogP contribution >= 0.6 is 0 Å². The molecule has 2 rings (SSSR count). The van der Waals surface area contributed by atoms with E-state index < -0.39 is 0 Å². The van der Waals surface area contributed by atoms with Crippen molar-refractivity contribution in [3.63, 3.8) is 0 Å². The number of fused-ring (bicyclic) bond motifs is 1. The second-order valence-electron chi connectivity index (χ2n) is 3.30. The average molecular weight is 171 g/mol. The number of aromatic amines is 1. The summed E-state index contributed by atoms with van der Waals surface area (Å²) in [7, 11) is 0. The van der Waals surface area contributed by atoms with Gasteiger partial charge in [-0.3, -0.25) is 0 Å². The molecule has 1 N–H and O–H groups in total. The minimum Gasteiger partial charge on any atom is -0.361 e. The van der Waals surface area contributed by atoms with Gasteiger partial charge in [-0.1, -0.05) is 24.3 Å². The van der Waals surface area contributed by atoms with E-state index in [4.69, 9.17) is 0 Å². The molecule has 0 amide bonds. The Hall–Kier alpha value is -1.50. The molecule has 0 atom stereocenters. The minimum atomic E-state index is 0.928. The number of allylic oxidation sites excluding steroid dienone is 1. The third-order valence-corrected chi connectivity index (χ3v) is 2.37. The summed E-state index contributed by atoms with van der Waals surface area (Å²) in [5.74, 6) is 0. The number of H-pyrrole nitrogens is 1. The topological polar surface area (TPSA) is 15.8 Å². The number of benzene rings is 1. The van der Waals surface area contributed by atoms with Gasteiger partial charge in [-0.15, -0.1) is 6.58 Å². The van der Waals surface area contributed by atoms with Crippen molar-refractivity contribution in [1.82, 2.24) is 4.98 Å².